The minimum absolute atomic E-state index is 0.103. The highest BCUT2D eigenvalue weighted by atomic mass is 16.5. The van der Waals surface area contributed by atoms with Gasteiger partial charge in [0.05, 0.1) is 19.6 Å². The van der Waals surface area contributed by atoms with Crippen LogP contribution in [0.25, 0.3) is 0 Å². The van der Waals surface area contributed by atoms with Gasteiger partial charge in [0.25, 0.3) is 0 Å². The van der Waals surface area contributed by atoms with E-state index in [4.69, 9.17) is 9.15 Å². The molecule has 1 aromatic heterocycles. The van der Waals surface area contributed by atoms with Crippen LogP contribution in [0.5, 0.6) is 5.75 Å². The number of nitrogens with one attached hydrogen (secondary N) is 1. The molecule has 0 aliphatic rings. The van der Waals surface area contributed by atoms with Gasteiger partial charge in [-0.15, -0.1) is 0 Å². The molecule has 0 bridgehead atoms. The van der Waals surface area contributed by atoms with Gasteiger partial charge < -0.3 is 9.15 Å². The fraction of sp³-hybridized carbons (Fsp3) is 0.294. The number of hydrogen-bond donors (Lipinski definition) is 1. The van der Waals surface area contributed by atoms with Crippen LogP contribution in [0.1, 0.15) is 29.7 Å². The van der Waals surface area contributed by atoms with E-state index < -0.39 is 0 Å². The Morgan fingerprint density at radius 3 is 2.95 bits per heavy atom. The maximum absolute atomic E-state index is 11.7. The van der Waals surface area contributed by atoms with E-state index in [9.17, 15) is 4.79 Å². The Bertz CT molecular complexity index is 633. The first-order valence-corrected chi connectivity index (χ1v) is 7.18. The minimum atomic E-state index is -0.103. The Kier molecular flexibility index (Phi) is 5.77. The lowest BCUT2D eigenvalue weighted by Crippen LogP contribution is -2.17. The molecular weight excluding hydrogens is 280 g/mol. The number of hydrazone groups is 1. The van der Waals surface area contributed by atoms with Crippen molar-refractivity contribution in [2.45, 2.75) is 26.2 Å². The molecule has 22 heavy (non-hydrogen) atoms. The van der Waals surface area contributed by atoms with E-state index in [1.807, 2.05) is 25.1 Å². The van der Waals surface area contributed by atoms with Crippen LogP contribution in [0.15, 0.2) is 46.1 Å². The standard InChI is InChI=1S/C17H20N2O3/c1-13-11-15(21-2)9-8-14(13)5-3-7-17(20)19-18-12-16-6-4-10-22-16/h4,6,8-12H,3,5,7H2,1-2H3,(H,19,20)/b18-12+. The SMILES string of the molecule is COc1ccc(CCCC(=O)N/N=C/c2ccco2)c(C)c1. The summed E-state index contributed by atoms with van der Waals surface area (Å²) in [5, 5.41) is 3.84. The smallest absolute Gasteiger partial charge is 0.240 e. The quantitative estimate of drug-likeness (QED) is 0.631. The lowest BCUT2D eigenvalue weighted by molar-refractivity contribution is -0.121. The number of amides is 1. The number of carbonyl (C=O) groups excluding carboxylic acids is 1. The molecule has 0 saturated heterocycles. The zero-order valence-corrected chi connectivity index (χ0v) is 12.8. The minimum Gasteiger partial charge on any atom is -0.497 e. The maximum atomic E-state index is 11.7. The van der Waals surface area contributed by atoms with Crippen LogP contribution >= 0.6 is 0 Å². The molecule has 2 aromatic rings. The maximum Gasteiger partial charge on any atom is 0.240 e. The van der Waals surface area contributed by atoms with Gasteiger partial charge in [-0.25, -0.2) is 5.43 Å². The second kappa shape index (κ2) is 8.02. The lowest BCUT2D eigenvalue weighted by atomic mass is 10.0. The molecule has 2 rings (SSSR count). The summed E-state index contributed by atoms with van der Waals surface area (Å²) in [6, 6.07) is 9.52. The Balaban J connectivity index is 1.73. The summed E-state index contributed by atoms with van der Waals surface area (Å²) >= 11 is 0. The Morgan fingerprint density at radius 1 is 1.41 bits per heavy atom. The number of hydrogen-bond acceptors (Lipinski definition) is 4. The van der Waals surface area contributed by atoms with Gasteiger partial charge >= 0.3 is 0 Å². The normalized spacial score (nSPS) is 10.8. The molecule has 1 heterocycles. The summed E-state index contributed by atoms with van der Waals surface area (Å²) in [4.78, 5) is 11.7. The van der Waals surface area contributed by atoms with Crippen LogP contribution in [0.4, 0.5) is 0 Å². The molecule has 1 N–H and O–H groups in total. The largest absolute Gasteiger partial charge is 0.497 e. The highest BCUT2D eigenvalue weighted by Gasteiger charge is 2.03. The zero-order chi connectivity index (χ0) is 15.8. The number of ether oxygens (including phenoxy) is 1. The van der Waals surface area contributed by atoms with E-state index in [1.165, 1.54) is 17.3 Å². The third-order valence-corrected chi connectivity index (χ3v) is 3.32. The molecule has 116 valence electrons. The van der Waals surface area contributed by atoms with Crippen molar-refractivity contribution in [3.63, 3.8) is 0 Å². The first kappa shape index (κ1) is 15.8. The van der Waals surface area contributed by atoms with Gasteiger partial charge in [-0.05, 0) is 55.2 Å². The number of carbonyl (C=O) groups is 1. The van der Waals surface area contributed by atoms with Crippen molar-refractivity contribution in [3.8, 4) is 5.75 Å². The van der Waals surface area contributed by atoms with E-state index in [2.05, 4.69) is 10.5 Å². The van der Waals surface area contributed by atoms with Gasteiger partial charge in [0.1, 0.15) is 11.5 Å². The highest BCUT2D eigenvalue weighted by Crippen LogP contribution is 2.18. The number of rotatable bonds is 7. The van der Waals surface area contributed by atoms with Crippen molar-refractivity contribution in [1.82, 2.24) is 5.43 Å². The topological polar surface area (TPSA) is 63.8 Å². The molecule has 0 aliphatic carbocycles. The van der Waals surface area contributed by atoms with Gasteiger partial charge in [-0.2, -0.15) is 5.10 Å². The molecular formula is C17H20N2O3. The number of methoxy groups -OCH3 is 1. The summed E-state index contributed by atoms with van der Waals surface area (Å²) in [6.45, 7) is 2.05. The number of furan rings is 1. The molecule has 5 heteroatoms. The summed E-state index contributed by atoms with van der Waals surface area (Å²) in [6.07, 6.45) is 5.09. The van der Waals surface area contributed by atoms with Crippen molar-refractivity contribution in [3.05, 3.63) is 53.5 Å². The fourth-order valence-electron chi connectivity index (χ4n) is 2.10. The fourth-order valence-corrected chi connectivity index (χ4v) is 2.10. The van der Waals surface area contributed by atoms with Crippen molar-refractivity contribution in [2.24, 2.45) is 5.10 Å². The second-order valence-electron chi connectivity index (χ2n) is 4.95. The number of benzene rings is 1. The third kappa shape index (κ3) is 4.77. The summed E-state index contributed by atoms with van der Waals surface area (Å²) in [7, 11) is 1.65. The van der Waals surface area contributed by atoms with Crippen LogP contribution in [-0.2, 0) is 11.2 Å². The second-order valence-corrected chi connectivity index (χ2v) is 4.95. The van der Waals surface area contributed by atoms with Gasteiger partial charge in [0.2, 0.25) is 5.91 Å². The van der Waals surface area contributed by atoms with Gasteiger partial charge in [0, 0.05) is 6.42 Å². The van der Waals surface area contributed by atoms with Crippen molar-refractivity contribution < 1.29 is 13.9 Å². The van der Waals surface area contributed by atoms with Crippen molar-refractivity contribution in [2.75, 3.05) is 7.11 Å². The average Bonchev–Trinajstić information content (AvgIpc) is 3.02. The number of aryl methyl sites for hydroxylation is 2. The summed E-state index contributed by atoms with van der Waals surface area (Å²) in [5.41, 5.74) is 4.90. The Labute approximate surface area is 130 Å². The van der Waals surface area contributed by atoms with Crippen molar-refractivity contribution >= 4 is 12.1 Å². The predicted molar refractivity (Wildman–Crippen MR) is 85.1 cm³/mol. The van der Waals surface area contributed by atoms with Gasteiger partial charge in [-0.3, -0.25) is 4.79 Å². The molecule has 0 radical (unpaired) electrons. The summed E-state index contributed by atoms with van der Waals surface area (Å²) < 4.78 is 10.3. The molecule has 1 aromatic carbocycles. The van der Waals surface area contributed by atoms with E-state index >= 15 is 0 Å². The monoisotopic (exact) mass is 300 g/mol. The van der Waals surface area contributed by atoms with Crippen LogP contribution in [0.2, 0.25) is 0 Å². The Morgan fingerprint density at radius 2 is 2.27 bits per heavy atom. The van der Waals surface area contributed by atoms with E-state index in [0.29, 0.717) is 12.2 Å². The van der Waals surface area contributed by atoms with Crippen LogP contribution in [-0.4, -0.2) is 19.2 Å². The predicted octanol–water partition coefficient (Wildman–Crippen LogP) is 3.07. The van der Waals surface area contributed by atoms with Gasteiger partial charge in [-0.1, -0.05) is 6.07 Å². The van der Waals surface area contributed by atoms with Gasteiger partial charge in [0.15, 0.2) is 0 Å². The van der Waals surface area contributed by atoms with E-state index in [0.717, 1.165) is 18.6 Å². The third-order valence-electron chi connectivity index (χ3n) is 3.32. The van der Waals surface area contributed by atoms with Crippen LogP contribution in [0, 0.1) is 6.92 Å². The molecule has 0 spiro atoms. The molecule has 0 aliphatic heterocycles. The zero-order valence-electron chi connectivity index (χ0n) is 12.8. The Hall–Kier alpha value is -2.56. The molecule has 0 saturated carbocycles. The van der Waals surface area contributed by atoms with E-state index in [-0.39, 0.29) is 5.91 Å². The first-order chi connectivity index (χ1) is 10.7. The number of nitrogens with zero attached hydrogens (tertiary/aromatic N) is 1. The van der Waals surface area contributed by atoms with Crippen LogP contribution in [0.3, 0.4) is 0 Å². The molecule has 5 nitrogen and oxygen atoms in total. The molecule has 0 fully saturated rings. The van der Waals surface area contributed by atoms with Crippen molar-refractivity contribution in [1.29, 1.82) is 0 Å². The molecule has 1 amide bonds. The lowest BCUT2D eigenvalue weighted by Gasteiger charge is -2.07. The van der Waals surface area contributed by atoms with E-state index in [1.54, 1.807) is 25.5 Å². The summed E-state index contributed by atoms with van der Waals surface area (Å²) in [5.74, 6) is 1.36. The first-order valence-electron chi connectivity index (χ1n) is 7.18. The highest BCUT2D eigenvalue weighted by molar-refractivity contribution is 5.80. The average molecular weight is 300 g/mol. The van der Waals surface area contributed by atoms with Crippen LogP contribution < -0.4 is 10.2 Å². The molecule has 0 atom stereocenters. The molecule has 0 unspecified atom stereocenters.